The first-order chi connectivity index (χ1) is 20.5. The molecule has 4 aliphatic rings. The molecule has 0 amide bonds. The topological polar surface area (TPSA) is 184 Å². The number of epoxide rings is 1. The molecule has 3 fully saturated rings. The number of hydrogen-bond acceptors (Lipinski definition) is 13. The smallest absolute Gasteiger partial charge is 0.312 e. The minimum Gasteiger partial charge on any atom is -0.459 e. The Morgan fingerprint density at radius 3 is 2.14 bits per heavy atom. The van der Waals surface area contributed by atoms with Crippen molar-refractivity contribution in [1.29, 1.82) is 0 Å². The summed E-state index contributed by atoms with van der Waals surface area (Å²) in [5.41, 5.74) is -4.90. The van der Waals surface area contributed by atoms with E-state index < -0.39 is 95.4 Å². The summed E-state index contributed by atoms with van der Waals surface area (Å²) in [5, 5.41) is 22.8. The van der Waals surface area contributed by atoms with Crippen LogP contribution in [-0.2, 0) is 52.4 Å². The maximum Gasteiger partial charge on any atom is 0.312 e. The first-order valence-corrected chi connectivity index (χ1v) is 14.8. The zero-order valence-electron chi connectivity index (χ0n) is 26.1. The van der Waals surface area contributed by atoms with E-state index in [-0.39, 0.29) is 30.9 Å². The van der Waals surface area contributed by atoms with E-state index in [1.54, 1.807) is 6.92 Å². The van der Waals surface area contributed by atoms with Crippen molar-refractivity contribution in [3.8, 4) is 0 Å². The van der Waals surface area contributed by atoms with E-state index in [0.29, 0.717) is 0 Å². The van der Waals surface area contributed by atoms with Crippen LogP contribution in [0.25, 0.3) is 0 Å². The van der Waals surface area contributed by atoms with Gasteiger partial charge in [0, 0.05) is 39.5 Å². The van der Waals surface area contributed by atoms with Crippen LogP contribution in [0.5, 0.6) is 0 Å². The van der Waals surface area contributed by atoms with Gasteiger partial charge in [-0.2, -0.15) is 0 Å². The number of fused-ring (bicyclic) bond motifs is 3. The molecular formula is C31H42O13. The van der Waals surface area contributed by atoms with Crippen LogP contribution >= 0.6 is 0 Å². The maximum atomic E-state index is 13.3. The van der Waals surface area contributed by atoms with Crippen molar-refractivity contribution in [1.82, 2.24) is 0 Å². The molecule has 0 aromatic carbocycles. The van der Waals surface area contributed by atoms with E-state index in [4.69, 9.17) is 28.4 Å². The highest BCUT2D eigenvalue weighted by atomic mass is 16.6. The fourth-order valence-electron chi connectivity index (χ4n) is 7.15. The molecule has 2 heterocycles. The third-order valence-corrected chi connectivity index (χ3v) is 9.14. The average molecular weight is 623 g/mol. The molecule has 10 atom stereocenters. The van der Waals surface area contributed by atoms with Crippen LogP contribution in [0.2, 0.25) is 0 Å². The number of rotatable bonds is 7. The Kier molecular flexibility index (Phi) is 9.35. The van der Waals surface area contributed by atoms with Gasteiger partial charge in [-0.25, -0.2) is 0 Å². The molecule has 2 N–H and O–H groups in total. The Balaban J connectivity index is 2.07. The van der Waals surface area contributed by atoms with E-state index in [2.05, 4.69) is 0 Å². The number of carbonyl (C=O) groups is 5. The maximum absolute atomic E-state index is 13.3. The number of ether oxygens (including phenoxy) is 6. The number of aliphatic hydroxyl groups excluding tert-OH is 1. The molecule has 2 saturated heterocycles. The van der Waals surface area contributed by atoms with Crippen molar-refractivity contribution in [2.75, 3.05) is 13.2 Å². The summed E-state index contributed by atoms with van der Waals surface area (Å²) < 4.78 is 35.2. The van der Waals surface area contributed by atoms with Crippen LogP contribution in [0.3, 0.4) is 0 Å². The van der Waals surface area contributed by atoms with Crippen LogP contribution in [0, 0.1) is 23.2 Å². The minimum atomic E-state index is -2.22. The van der Waals surface area contributed by atoms with Crippen molar-refractivity contribution in [3.05, 3.63) is 23.8 Å². The van der Waals surface area contributed by atoms with Crippen LogP contribution < -0.4 is 0 Å². The molecule has 2 aliphatic heterocycles. The highest BCUT2D eigenvalue weighted by Crippen LogP contribution is 2.62. The van der Waals surface area contributed by atoms with Crippen molar-refractivity contribution in [2.45, 2.75) is 103 Å². The molecule has 13 heteroatoms. The van der Waals surface area contributed by atoms with E-state index >= 15 is 0 Å². The highest BCUT2D eigenvalue weighted by Gasteiger charge is 2.77. The summed E-state index contributed by atoms with van der Waals surface area (Å²) in [6, 6.07) is 0. The standard InChI is InChI=1S/C31H42O13/c1-15(2)10-24(36)43-22-9-8-20(13-32)11-23-31(38,16(3)28(37)44-23)27(42-19(6)35)25-29(22,7)26(41-18(5)34)21(40-17(4)33)12-30(25)14-39-30/h8-9,11,15-16,21-23,25-27,32,38H,10,12-14H2,1-7H3/b9-8-,20-11+/t16-,21-,22+,23-,25+,26-,27+,29+,30-,31-/m1/s1. The zero-order valence-corrected chi connectivity index (χ0v) is 26.1. The molecule has 1 spiro atoms. The molecule has 1 saturated carbocycles. The first kappa shape index (κ1) is 33.6. The van der Waals surface area contributed by atoms with Crippen molar-refractivity contribution < 1.29 is 62.6 Å². The SMILES string of the molecule is CC(=O)O[C@@H]1[C@H](OC(C)=O)C[C@@]2(CO2)[C@H]2[C@H](OC(C)=O)[C@@]3(O)[C@H](C)C(=O)O[C@@H]3/C=C(CO)\C=C/[C@H](OC(=O)CC(C)C)[C@]12C. The lowest BCUT2D eigenvalue weighted by molar-refractivity contribution is -0.255. The second kappa shape index (κ2) is 12.2. The second-order valence-corrected chi connectivity index (χ2v) is 12.8. The Morgan fingerprint density at radius 2 is 1.61 bits per heavy atom. The van der Waals surface area contributed by atoms with Crippen molar-refractivity contribution >= 4 is 29.8 Å². The van der Waals surface area contributed by atoms with Gasteiger partial charge in [0.2, 0.25) is 0 Å². The van der Waals surface area contributed by atoms with Gasteiger partial charge in [0.05, 0.1) is 24.5 Å². The van der Waals surface area contributed by atoms with E-state index in [0.717, 1.165) is 6.92 Å². The molecular weight excluding hydrogens is 580 g/mol. The quantitative estimate of drug-likeness (QED) is 0.236. The predicted octanol–water partition coefficient (Wildman–Crippen LogP) is 1.32. The number of hydrogen-bond donors (Lipinski definition) is 2. The molecule has 0 radical (unpaired) electrons. The Hall–Kier alpha value is -3.29. The fraction of sp³-hybridized carbons (Fsp3) is 0.710. The third kappa shape index (κ3) is 6.01. The number of esters is 5. The second-order valence-electron chi connectivity index (χ2n) is 12.8. The third-order valence-electron chi connectivity index (χ3n) is 9.14. The lowest BCUT2D eigenvalue weighted by Gasteiger charge is -2.57. The van der Waals surface area contributed by atoms with Gasteiger partial charge in [0.25, 0.3) is 0 Å². The Labute approximate surface area is 255 Å². The number of aliphatic hydroxyl groups is 2. The van der Waals surface area contributed by atoms with Gasteiger partial charge in [0.15, 0.2) is 11.7 Å². The Morgan fingerprint density at radius 1 is 1.02 bits per heavy atom. The van der Waals surface area contributed by atoms with E-state index in [1.165, 1.54) is 39.0 Å². The van der Waals surface area contributed by atoms with Gasteiger partial charge < -0.3 is 38.6 Å². The van der Waals surface area contributed by atoms with Gasteiger partial charge in [-0.05, 0) is 30.6 Å². The largest absolute Gasteiger partial charge is 0.459 e. The molecule has 0 aromatic rings. The minimum absolute atomic E-state index is 0.0272. The molecule has 0 unspecified atom stereocenters. The van der Waals surface area contributed by atoms with Gasteiger partial charge in [-0.1, -0.05) is 26.8 Å². The normalized spacial score (nSPS) is 41.3. The molecule has 0 aromatic heterocycles. The van der Waals surface area contributed by atoms with Gasteiger partial charge >= 0.3 is 29.8 Å². The molecule has 0 bridgehead atoms. The summed E-state index contributed by atoms with van der Waals surface area (Å²) >= 11 is 0. The molecule has 4 rings (SSSR count). The number of carbonyl (C=O) groups excluding carboxylic acids is 5. The molecule has 44 heavy (non-hydrogen) atoms. The fourth-order valence-corrected chi connectivity index (χ4v) is 7.15. The summed E-state index contributed by atoms with van der Waals surface area (Å²) in [4.78, 5) is 64.0. The zero-order chi connectivity index (χ0) is 32.8. The van der Waals surface area contributed by atoms with Crippen LogP contribution in [-0.4, -0.2) is 95.0 Å². The van der Waals surface area contributed by atoms with Crippen LogP contribution in [0.1, 0.15) is 61.3 Å². The summed E-state index contributed by atoms with van der Waals surface area (Å²) in [6.07, 6.45) is -2.32. The molecule has 2 aliphatic carbocycles. The van der Waals surface area contributed by atoms with Gasteiger partial charge in [0.1, 0.15) is 30.0 Å². The summed E-state index contributed by atoms with van der Waals surface area (Å²) in [7, 11) is 0. The predicted molar refractivity (Wildman–Crippen MR) is 149 cm³/mol. The van der Waals surface area contributed by atoms with Crippen molar-refractivity contribution in [2.24, 2.45) is 23.2 Å². The van der Waals surface area contributed by atoms with Gasteiger partial charge in [-0.15, -0.1) is 0 Å². The Bertz CT molecular complexity index is 1250. The lowest BCUT2D eigenvalue weighted by Crippen LogP contribution is -2.71. The average Bonchev–Trinajstić information content (AvgIpc) is 3.63. The van der Waals surface area contributed by atoms with Crippen molar-refractivity contribution in [3.63, 3.8) is 0 Å². The molecule has 244 valence electrons. The van der Waals surface area contributed by atoms with E-state index in [9.17, 15) is 34.2 Å². The highest BCUT2D eigenvalue weighted by molar-refractivity contribution is 5.78. The monoisotopic (exact) mass is 622 g/mol. The first-order valence-electron chi connectivity index (χ1n) is 14.8. The summed E-state index contributed by atoms with van der Waals surface area (Å²) in [6.45, 7) is 9.72. The van der Waals surface area contributed by atoms with E-state index in [1.807, 2.05) is 13.8 Å². The summed E-state index contributed by atoms with van der Waals surface area (Å²) in [5.74, 6) is -6.02. The van der Waals surface area contributed by atoms with Crippen LogP contribution in [0.4, 0.5) is 0 Å². The van der Waals surface area contributed by atoms with Gasteiger partial charge in [-0.3, -0.25) is 24.0 Å². The van der Waals surface area contributed by atoms with Crippen LogP contribution in [0.15, 0.2) is 23.8 Å². The molecule has 13 nitrogen and oxygen atoms in total. The lowest BCUT2D eigenvalue weighted by atomic mass is 9.52.